The molecule has 1 spiro atoms. The van der Waals surface area contributed by atoms with Gasteiger partial charge in [-0.1, -0.05) is 17.3 Å². The third-order valence-corrected chi connectivity index (χ3v) is 6.80. The molecule has 0 aliphatic carbocycles. The highest BCUT2D eigenvalue weighted by atomic mass is 19.1. The van der Waals surface area contributed by atoms with E-state index in [4.69, 9.17) is 9.57 Å². The fourth-order valence-corrected chi connectivity index (χ4v) is 4.89. The normalized spacial score (nSPS) is 20.7. The van der Waals surface area contributed by atoms with Crippen molar-refractivity contribution in [3.05, 3.63) is 77.4 Å². The molecule has 0 saturated carbocycles. The molecule has 1 fully saturated rings. The molecule has 182 valence electrons. The van der Waals surface area contributed by atoms with Gasteiger partial charge in [-0.05, 0) is 38.5 Å². The van der Waals surface area contributed by atoms with Gasteiger partial charge in [-0.2, -0.15) is 0 Å². The predicted octanol–water partition coefficient (Wildman–Crippen LogP) is 4.71. The number of ether oxygens (including phenoxy) is 1. The molecular formula is C26H26F2N4O3. The summed E-state index contributed by atoms with van der Waals surface area (Å²) in [6.07, 6.45) is 5.12. The van der Waals surface area contributed by atoms with E-state index in [0.717, 1.165) is 23.0 Å². The van der Waals surface area contributed by atoms with Crippen LogP contribution in [0.2, 0.25) is 0 Å². The van der Waals surface area contributed by atoms with E-state index in [0.29, 0.717) is 37.3 Å². The third kappa shape index (κ3) is 4.05. The van der Waals surface area contributed by atoms with Gasteiger partial charge in [-0.3, -0.25) is 4.79 Å². The van der Waals surface area contributed by atoms with Gasteiger partial charge in [0.15, 0.2) is 0 Å². The van der Waals surface area contributed by atoms with Crippen LogP contribution >= 0.6 is 0 Å². The number of nitrogens with zero attached hydrogens (tertiary/aromatic N) is 4. The van der Waals surface area contributed by atoms with Crippen LogP contribution in [-0.2, 0) is 9.63 Å². The number of aromatic nitrogens is 2. The van der Waals surface area contributed by atoms with E-state index in [2.05, 4.69) is 10.1 Å². The van der Waals surface area contributed by atoms with Crippen LogP contribution in [0.3, 0.4) is 0 Å². The Morgan fingerprint density at radius 2 is 2.03 bits per heavy atom. The van der Waals surface area contributed by atoms with Gasteiger partial charge >= 0.3 is 0 Å². The largest absolute Gasteiger partial charge is 0.495 e. The van der Waals surface area contributed by atoms with E-state index < -0.39 is 23.3 Å². The van der Waals surface area contributed by atoms with Crippen molar-refractivity contribution in [3.63, 3.8) is 0 Å². The number of hydrogen-bond acceptors (Lipinski definition) is 5. The van der Waals surface area contributed by atoms with Crippen molar-refractivity contribution in [1.82, 2.24) is 14.5 Å². The zero-order chi connectivity index (χ0) is 24.7. The summed E-state index contributed by atoms with van der Waals surface area (Å²) < 4.78 is 35.3. The zero-order valence-corrected chi connectivity index (χ0v) is 19.8. The van der Waals surface area contributed by atoms with Crippen LogP contribution in [0.25, 0.3) is 5.69 Å². The Bertz CT molecular complexity index is 1320. The first-order valence-corrected chi connectivity index (χ1v) is 11.5. The second kappa shape index (κ2) is 8.79. The number of benzene rings is 2. The molecule has 9 heteroatoms. The molecule has 0 radical (unpaired) electrons. The Hall–Kier alpha value is -3.75. The van der Waals surface area contributed by atoms with Gasteiger partial charge in [0.2, 0.25) is 5.60 Å². The first kappa shape index (κ1) is 23.0. The number of oxime groups is 1. The van der Waals surface area contributed by atoms with Crippen LogP contribution in [0.1, 0.15) is 49.0 Å². The van der Waals surface area contributed by atoms with Gasteiger partial charge in [0.05, 0.1) is 36.6 Å². The maximum atomic E-state index is 14.4. The molecule has 2 aliphatic heterocycles. The monoisotopic (exact) mass is 480 g/mol. The summed E-state index contributed by atoms with van der Waals surface area (Å²) in [5, 5.41) is 4.28. The number of aryl methyl sites for hydroxylation is 1. The first-order valence-electron chi connectivity index (χ1n) is 11.5. The lowest BCUT2D eigenvalue weighted by Crippen LogP contribution is -2.54. The van der Waals surface area contributed by atoms with Crippen molar-refractivity contribution in [2.45, 2.75) is 44.8 Å². The zero-order valence-electron chi connectivity index (χ0n) is 19.8. The number of piperidine rings is 1. The van der Waals surface area contributed by atoms with Crippen LogP contribution in [0.4, 0.5) is 8.78 Å². The van der Waals surface area contributed by atoms with E-state index in [1.807, 2.05) is 35.9 Å². The van der Waals surface area contributed by atoms with Crippen molar-refractivity contribution in [2.75, 3.05) is 13.7 Å². The van der Waals surface area contributed by atoms with Gasteiger partial charge in [0.25, 0.3) is 5.91 Å². The fourth-order valence-electron chi connectivity index (χ4n) is 4.89. The van der Waals surface area contributed by atoms with E-state index >= 15 is 0 Å². The number of rotatable bonds is 5. The maximum Gasteiger partial charge on any atom is 0.270 e. The van der Waals surface area contributed by atoms with Gasteiger partial charge in [0.1, 0.15) is 17.4 Å². The quantitative estimate of drug-likeness (QED) is 0.530. The van der Waals surface area contributed by atoms with Crippen LogP contribution < -0.4 is 4.74 Å². The molecule has 1 saturated heterocycles. The molecule has 2 aliphatic rings. The Balaban J connectivity index is 1.38. The summed E-state index contributed by atoms with van der Waals surface area (Å²) in [4.78, 5) is 25.3. The highest BCUT2D eigenvalue weighted by Gasteiger charge is 2.52. The Kier molecular flexibility index (Phi) is 5.78. The number of amides is 1. The molecule has 5 rings (SSSR count). The molecule has 0 bridgehead atoms. The smallest absolute Gasteiger partial charge is 0.270 e. The van der Waals surface area contributed by atoms with Gasteiger partial charge in [-0.25, -0.2) is 13.8 Å². The topological polar surface area (TPSA) is 69.0 Å². The minimum absolute atomic E-state index is 0.240. The molecule has 0 N–H and O–H groups in total. The fraction of sp³-hybridized carbons (Fsp3) is 0.346. The lowest BCUT2D eigenvalue weighted by atomic mass is 9.84. The lowest BCUT2D eigenvalue weighted by molar-refractivity contribution is -0.164. The highest BCUT2D eigenvalue weighted by Crippen LogP contribution is 2.40. The Labute approximate surface area is 202 Å². The number of hydrogen-bond donors (Lipinski definition) is 0. The number of methoxy groups -OCH3 is 1. The first-order chi connectivity index (χ1) is 16.8. The Morgan fingerprint density at radius 3 is 2.74 bits per heavy atom. The average molecular weight is 481 g/mol. The van der Waals surface area contributed by atoms with Crippen LogP contribution in [0.15, 0.2) is 54.1 Å². The summed E-state index contributed by atoms with van der Waals surface area (Å²) in [5.74, 6) is -0.923. The summed E-state index contributed by atoms with van der Waals surface area (Å²) in [5.41, 5.74) is 2.30. The standard InChI is InChI=1S/C26H26F2N4O3/c1-16-14-31(15-29-16)23-8-5-18(11-24(23)34-3)22-13-26(35-30-22)9-4-10-32(25(26)33)17(2)20-7-6-19(27)12-21(20)28/h5-8,11-12,14-15,17H,4,9-10,13H2,1-3H3. The number of likely N-dealkylation sites (tertiary alicyclic amines) is 1. The third-order valence-electron chi connectivity index (χ3n) is 6.80. The number of carbonyl (C=O) groups is 1. The number of carbonyl (C=O) groups excluding carboxylic acids is 1. The molecule has 3 heterocycles. The van der Waals surface area contributed by atoms with Gasteiger partial charge in [0, 0.05) is 42.8 Å². The second-order valence-electron chi connectivity index (χ2n) is 9.05. The molecule has 2 aromatic carbocycles. The molecule has 7 nitrogen and oxygen atoms in total. The lowest BCUT2D eigenvalue weighted by Gasteiger charge is -2.40. The van der Waals surface area contributed by atoms with Crippen molar-refractivity contribution in [1.29, 1.82) is 0 Å². The van der Waals surface area contributed by atoms with Crippen molar-refractivity contribution < 1.29 is 23.1 Å². The van der Waals surface area contributed by atoms with Crippen molar-refractivity contribution in [3.8, 4) is 11.4 Å². The van der Waals surface area contributed by atoms with Gasteiger partial charge < -0.3 is 19.0 Å². The molecule has 35 heavy (non-hydrogen) atoms. The molecule has 2 unspecified atom stereocenters. The van der Waals surface area contributed by atoms with Crippen LogP contribution in [-0.4, -0.2) is 45.3 Å². The maximum absolute atomic E-state index is 14.4. The predicted molar refractivity (Wildman–Crippen MR) is 126 cm³/mol. The van der Waals surface area contributed by atoms with Crippen molar-refractivity contribution >= 4 is 11.6 Å². The van der Waals surface area contributed by atoms with E-state index in [1.165, 1.54) is 12.1 Å². The molecule has 3 aromatic rings. The average Bonchev–Trinajstić information content (AvgIpc) is 3.47. The van der Waals surface area contributed by atoms with E-state index in [9.17, 15) is 13.6 Å². The summed E-state index contributed by atoms with van der Waals surface area (Å²) in [7, 11) is 1.60. The summed E-state index contributed by atoms with van der Waals surface area (Å²) in [6.45, 7) is 4.12. The van der Waals surface area contributed by atoms with E-state index in [-0.39, 0.29) is 11.5 Å². The summed E-state index contributed by atoms with van der Waals surface area (Å²) >= 11 is 0. The van der Waals surface area contributed by atoms with Crippen molar-refractivity contribution in [2.24, 2.45) is 5.16 Å². The number of imidazole rings is 1. The molecule has 2 atom stereocenters. The van der Waals surface area contributed by atoms with Crippen LogP contribution in [0.5, 0.6) is 5.75 Å². The number of halogens is 2. The molecular weight excluding hydrogens is 454 g/mol. The second-order valence-corrected chi connectivity index (χ2v) is 9.05. The van der Waals surface area contributed by atoms with Gasteiger partial charge in [-0.15, -0.1) is 0 Å². The SMILES string of the molecule is COc1cc(C2=NOC3(CCCN(C(C)c4ccc(F)cc4F)C3=O)C2)ccc1-n1cnc(C)c1. The Morgan fingerprint density at radius 1 is 1.20 bits per heavy atom. The minimum atomic E-state index is -1.13. The molecule has 1 aromatic heterocycles. The summed E-state index contributed by atoms with van der Waals surface area (Å²) in [6, 6.07) is 8.56. The van der Waals surface area contributed by atoms with Crippen LogP contribution in [0, 0.1) is 18.6 Å². The minimum Gasteiger partial charge on any atom is -0.495 e. The highest BCUT2D eigenvalue weighted by molar-refractivity contribution is 6.06. The molecule has 1 amide bonds. The van der Waals surface area contributed by atoms with E-state index in [1.54, 1.807) is 25.3 Å².